The van der Waals surface area contributed by atoms with E-state index in [4.69, 9.17) is 0 Å². The minimum atomic E-state index is -3.59. The number of likely N-dealkylation sites (N-methyl/N-ethyl adjacent to an activating group) is 1. The van der Waals surface area contributed by atoms with Crippen LogP contribution in [0.3, 0.4) is 0 Å². The van der Waals surface area contributed by atoms with E-state index in [0.29, 0.717) is 43.5 Å². The number of halogens is 1. The molecule has 2 fully saturated rings. The lowest BCUT2D eigenvalue weighted by atomic mass is 9.84. The van der Waals surface area contributed by atoms with Crippen LogP contribution in [0.2, 0.25) is 0 Å². The highest BCUT2D eigenvalue weighted by molar-refractivity contribution is 7.89. The van der Waals surface area contributed by atoms with Crippen molar-refractivity contribution >= 4 is 21.8 Å². The smallest absolute Gasteiger partial charge is 0.243 e. The number of carbonyl (C=O) groups is 2. The number of benzene rings is 2. The van der Waals surface area contributed by atoms with Crippen LogP contribution in [0.5, 0.6) is 0 Å². The highest BCUT2D eigenvalue weighted by atomic mass is 32.2. The molecular formula is C29H39FN4O4S. The lowest BCUT2D eigenvalue weighted by molar-refractivity contribution is -0.137. The van der Waals surface area contributed by atoms with Crippen LogP contribution in [0.1, 0.15) is 56.1 Å². The summed E-state index contributed by atoms with van der Waals surface area (Å²) in [6, 6.07) is 13.3. The Morgan fingerprint density at radius 2 is 1.59 bits per heavy atom. The molecule has 39 heavy (non-hydrogen) atoms. The molecule has 0 unspecified atom stereocenters. The second kappa shape index (κ2) is 13.5. The van der Waals surface area contributed by atoms with Gasteiger partial charge in [-0.25, -0.2) is 12.8 Å². The van der Waals surface area contributed by atoms with Crippen molar-refractivity contribution in [2.45, 2.75) is 56.4 Å². The summed E-state index contributed by atoms with van der Waals surface area (Å²) < 4.78 is 41.0. The Kier molecular flexibility index (Phi) is 10.1. The van der Waals surface area contributed by atoms with Crippen molar-refractivity contribution in [2.75, 3.05) is 45.8 Å². The molecule has 212 valence electrons. The molecule has 8 nitrogen and oxygen atoms in total. The first-order valence-electron chi connectivity index (χ1n) is 13.9. The molecule has 0 aromatic heterocycles. The quantitative estimate of drug-likeness (QED) is 0.483. The SMILES string of the molecule is CCN(CC(=O)NCc1ccc(F)cc1)C(=O)CN1CCN(S(=O)(=O)c2ccc(C3CCCCC3)cc2)CC1. The Hall–Kier alpha value is -2.82. The summed E-state index contributed by atoms with van der Waals surface area (Å²) in [5.41, 5.74) is 1.99. The summed E-state index contributed by atoms with van der Waals surface area (Å²) in [5.74, 6) is -0.279. The molecule has 2 amide bonds. The number of sulfonamides is 1. The summed E-state index contributed by atoms with van der Waals surface area (Å²) in [4.78, 5) is 29.0. The van der Waals surface area contributed by atoms with Crippen LogP contribution in [0.25, 0.3) is 0 Å². The molecule has 1 saturated carbocycles. The van der Waals surface area contributed by atoms with Crippen LogP contribution in [-0.4, -0.2) is 80.2 Å². The van der Waals surface area contributed by atoms with Gasteiger partial charge >= 0.3 is 0 Å². The fraction of sp³-hybridized carbons (Fsp3) is 0.517. The highest BCUT2D eigenvalue weighted by Crippen LogP contribution is 2.33. The van der Waals surface area contributed by atoms with Crippen molar-refractivity contribution in [1.82, 2.24) is 19.4 Å². The second-order valence-corrected chi connectivity index (χ2v) is 12.3. The van der Waals surface area contributed by atoms with Gasteiger partial charge in [0.2, 0.25) is 21.8 Å². The predicted molar refractivity (Wildman–Crippen MR) is 148 cm³/mol. The first kappa shape index (κ1) is 29.2. The number of hydrogen-bond donors (Lipinski definition) is 1. The molecule has 2 aliphatic rings. The number of rotatable bonds is 10. The van der Waals surface area contributed by atoms with Gasteiger partial charge < -0.3 is 10.2 Å². The van der Waals surface area contributed by atoms with E-state index in [9.17, 15) is 22.4 Å². The molecule has 2 aromatic rings. The molecule has 0 spiro atoms. The topological polar surface area (TPSA) is 90.0 Å². The summed E-state index contributed by atoms with van der Waals surface area (Å²) in [7, 11) is -3.59. The Morgan fingerprint density at radius 1 is 0.949 bits per heavy atom. The van der Waals surface area contributed by atoms with Gasteiger partial charge in [0.05, 0.1) is 18.0 Å². The van der Waals surface area contributed by atoms with Gasteiger partial charge in [0.25, 0.3) is 0 Å². The van der Waals surface area contributed by atoms with E-state index in [-0.39, 0.29) is 37.3 Å². The average molecular weight is 559 g/mol. The lowest BCUT2D eigenvalue weighted by Gasteiger charge is -2.34. The van der Waals surface area contributed by atoms with Crippen LogP contribution in [0.4, 0.5) is 4.39 Å². The van der Waals surface area contributed by atoms with Gasteiger partial charge in [0, 0.05) is 39.3 Å². The molecule has 10 heteroatoms. The van der Waals surface area contributed by atoms with E-state index in [0.717, 1.165) is 5.56 Å². The van der Waals surface area contributed by atoms with Gasteiger partial charge in [-0.3, -0.25) is 14.5 Å². The Morgan fingerprint density at radius 3 is 2.21 bits per heavy atom. The zero-order valence-corrected chi connectivity index (χ0v) is 23.5. The number of piperazine rings is 1. The number of nitrogens with one attached hydrogen (secondary N) is 1. The zero-order chi connectivity index (χ0) is 27.8. The van der Waals surface area contributed by atoms with Crippen LogP contribution >= 0.6 is 0 Å². The van der Waals surface area contributed by atoms with Gasteiger partial charge in [0.1, 0.15) is 5.82 Å². The molecule has 1 N–H and O–H groups in total. The van der Waals surface area contributed by atoms with Crippen LogP contribution in [-0.2, 0) is 26.2 Å². The largest absolute Gasteiger partial charge is 0.350 e. The van der Waals surface area contributed by atoms with Crippen molar-refractivity contribution < 1.29 is 22.4 Å². The van der Waals surface area contributed by atoms with Gasteiger partial charge in [-0.1, -0.05) is 43.5 Å². The molecule has 0 atom stereocenters. The monoisotopic (exact) mass is 558 g/mol. The third-order valence-corrected chi connectivity index (χ3v) is 9.67. The number of hydrogen-bond acceptors (Lipinski definition) is 5. The van der Waals surface area contributed by atoms with E-state index in [2.05, 4.69) is 5.32 Å². The standard InChI is InChI=1S/C29H39FN4O4S/c1-2-33(21-28(35)31-20-23-8-12-26(30)13-9-23)29(36)22-32-16-18-34(19-17-32)39(37,38)27-14-10-25(11-15-27)24-6-4-3-5-7-24/h8-15,24H,2-7,16-22H2,1H3,(H,31,35). The summed E-state index contributed by atoms with van der Waals surface area (Å²) in [6.45, 7) is 4.02. The van der Waals surface area contributed by atoms with Crippen LogP contribution < -0.4 is 5.32 Å². The third-order valence-electron chi connectivity index (χ3n) is 7.76. The Labute approximate surface area is 231 Å². The maximum atomic E-state index is 13.2. The minimum absolute atomic E-state index is 0.0677. The Bertz CT molecular complexity index is 1210. The average Bonchev–Trinajstić information content (AvgIpc) is 2.96. The predicted octanol–water partition coefficient (Wildman–Crippen LogP) is 3.34. The molecule has 2 aromatic carbocycles. The Balaban J connectivity index is 1.23. The first-order chi connectivity index (χ1) is 18.8. The van der Waals surface area contributed by atoms with Gasteiger partial charge in [-0.15, -0.1) is 0 Å². The fourth-order valence-electron chi connectivity index (χ4n) is 5.32. The minimum Gasteiger partial charge on any atom is -0.350 e. The highest BCUT2D eigenvalue weighted by Gasteiger charge is 2.30. The molecule has 4 rings (SSSR count). The zero-order valence-electron chi connectivity index (χ0n) is 22.6. The number of nitrogens with zero attached hydrogens (tertiary/aromatic N) is 3. The van der Waals surface area contributed by atoms with E-state index in [1.165, 1.54) is 59.0 Å². The lowest BCUT2D eigenvalue weighted by Crippen LogP contribution is -2.52. The van der Waals surface area contributed by atoms with Crippen LogP contribution in [0, 0.1) is 5.82 Å². The van der Waals surface area contributed by atoms with E-state index < -0.39 is 10.0 Å². The van der Waals surface area contributed by atoms with E-state index in [1.54, 1.807) is 24.3 Å². The van der Waals surface area contributed by atoms with Crippen molar-refractivity contribution in [3.05, 3.63) is 65.5 Å². The van der Waals surface area contributed by atoms with Crippen molar-refractivity contribution in [3.8, 4) is 0 Å². The molecule has 0 radical (unpaired) electrons. The van der Waals surface area contributed by atoms with Crippen molar-refractivity contribution in [2.24, 2.45) is 0 Å². The molecule has 1 heterocycles. The summed E-state index contributed by atoms with van der Waals surface area (Å²) in [5, 5.41) is 2.76. The van der Waals surface area contributed by atoms with E-state index >= 15 is 0 Å². The van der Waals surface area contributed by atoms with Gasteiger partial charge in [0.15, 0.2) is 0 Å². The third kappa shape index (κ3) is 7.86. The number of amides is 2. The number of carbonyl (C=O) groups excluding carboxylic acids is 2. The first-order valence-corrected chi connectivity index (χ1v) is 15.3. The maximum Gasteiger partial charge on any atom is 0.243 e. The normalized spacial score (nSPS) is 17.6. The maximum absolute atomic E-state index is 13.2. The second-order valence-electron chi connectivity index (χ2n) is 10.4. The molecule has 1 aliphatic carbocycles. The van der Waals surface area contributed by atoms with Crippen molar-refractivity contribution in [1.29, 1.82) is 0 Å². The van der Waals surface area contributed by atoms with Gasteiger partial charge in [-0.2, -0.15) is 4.31 Å². The summed E-state index contributed by atoms with van der Waals surface area (Å²) in [6.07, 6.45) is 6.09. The molecule has 1 saturated heterocycles. The van der Waals surface area contributed by atoms with Crippen LogP contribution in [0.15, 0.2) is 53.4 Å². The van der Waals surface area contributed by atoms with Crippen molar-refractivity contribution in [3.63, 3.8) is 0 Å². The summed E-state index contributed by atoms with van der Waals surface area (Å²) >= 11 is 0. The molecular weight excluding hydrogens is 519 g/mol. The molecule has 1 aliphatic heterocycles. The van der Waals surface area contributed by atoms with Gasteiger partial charge in [-0.05, 0) is 61.1 Å². The molecule has 0 bridgehead atoms. The fourth-order valence-corrected chi connectivity index (χ4v) is 6.75. The van der Waals surface area contributed by atoms with E-state index in [1.807, 2.05) is 24.0 Å².